The van der Waals surface area contributed by atoms with Crippen LogP contribution in [0.1, 0.15) is 17.5 Å². The van der Waals surface area contributed by atoms with Crippen LogP contribution in [0.4, 0.5) is 0 Å². The van der Waals surface area contributed by atoms with Gasteiger partial charge >= 0.3 is 5.97 Å². The molecule has 0 amide bonds. The van der Waals surface area contributed by atoms with Crippen LogP contribution < -0.4 is 5.73 Å². The average Bonchev–Trinajstić information content (AvgIpc) is 2.48. The van der Waals surface area contributed by atoms with Crippen molar-refractivity contribution in [3.8, 4) is 6.07 Å². The number of rotatable bonds is 3. The highest BCUT2D eigenvalue weighted by atomic mass is 16.5. The highest BCUT2D eigenvalue weighted by molar-refractivity contribution is 5.89. The summed E-state index contributed by atoms with van der Waals surface area (Å²) in [6.45, 7) is 1.96. The van der Waals surface area contributed by atoms with Crippen LogP contribution in [0.5, 0.6) is 0 Å². The molecule has 0 spiro atoms. The number of benzene rings is 1. The van der Waals surface area contributed by atoms with Crippen molar-refractivity contribution in [1.82, 2.24) is 4.90 Å². The third kappa shape index (κ3) is 3.16. The van der Waals surface area contributed by atoms with Gasteiger partial charge in [0, 0.05) is 31.8 Å². The minimum Gasteiger partial charge on any atom is -0.466 e. The number of hydrogen-bond acceptors (Lipinski definition) is 5. The number of nitriles is 1. The van der Waals surface area contributed by atoms with Gasteiger partial charge in [0.15, 0.2) is 0 Å². The Labute approximate surface area is 118 Å². The van der Waals surface area contributed by atoms with Crippen molar-refractivity contribution in [1.29, 1.82) is 5.26 Å². The molecule has 0 atom stereocenters. The zero-order valence-corrected chi connectivity index (χ0v) is 11.4. The third-order valence-corrected chi connectivity index (χ3v) is 3.36. The lowest BCUT2D eigenvalue weighted by molar-refractivity contribution is -0.136. The number of nitrogens with zero attached hydrogens (tertiary/aromatic N) is 2. The second-order valence-electron chi connectivity index (χ2n) is 4.77. The normalized spacial score (nSPS) is 15.8. The predicted octanol–water partition coefficient (Wildman–Crippen LogP) is 1.15. The zero-order chi connectivity index (χ0) is 14.5. The van der Waals surface area contributed by atoms with E-state index < -0.39 is 0 Å². The second-order valence-corrected chi connectivity index (χ2v) is 4.77. The Morgan fingerprint density at radius 3 is 3.05 bits per heavy atom. The standard InChI is InChI=1S/C15H17N3O2/c1-20-15(19)13-10-18(6-5-14(13)17)9-12-4-2-3-11(7-12)8-16/h2-4,7H,5-6,9-10,17H2,1H3. The van der Waals surface area contributed by atoms with Gasteiger partial charge < -0.3 is 10.5 Å². The summed E-state index contributed by atoms with van der Waals surface area (Å²) in [5, 5.41) is 8.90. The Balaban J connectivity index is 2.09. The molecule has 0 radical (unpaired) electrons. The van der Waals surface area contributed by atoms with Crippen LogP contribution >= 0.6 is 0 Å². The van der Waals surface area contributed by atoms with Gasteiger partial charge in [-0.25, -0.2) is 4.79 Å². The molecule has 5 nitrogen and oxygen atoms in total. The summed E-state index contributed by atoms with van der Waals surface area (Å²) in [4.78, 5) is 13.8. The number of ether oxygens (including phenoxy) is 1. The van der Waals surface area contributed by atoms with Crippen LogP contribution in [0.3, 0.4) is 0 Å². The van der Waals surface area contributed by atoms with Gasteiger partial charge in [0.1, 0.15) is 0 Å². The van der Waals surface area contributed by atoms with Crippen molar-refractivity contribution < 1.29 is 9.53 Å². The molecule has 1 aromatic rings. The maximum Gasteiger partial charge on any atom is 0.336 e. The number of carbonyl (C=O) groups is 1. The van der Waals surface area contributed by atoms with E-state index in [0.29, 0.717) is 36.3 Å². The number of nitrogens with two attached hydrogens (primary N) is 1. The van der Waals surface area contributed by atoms with E-state index in [1.165, 1.54) is 7.11 Å². The zero-order valence-electron chi connectivity index (χ0n) is 11.4. The lowest BCUT2D eigenvalue weighted by Gasteiger charge is -2.28. The first-order valence-electron chi connectivity index (χ1n) is 6.41. The van der Waals surface area contributed by atoms with Crippen molar-refractivity contribution >= 4 is 5.97 Å². The molecule has 0 aliphatic carbocycles. The van der Waals surface area contributed by atoms with E-state index >= 15 is 0 Å². The maximum absolute atomic E-state index is 11.6. The van der Waals surface area contributed by atoms with Gasteiger partial charge in [-0.2, -0.15) is 5.26 Å². The first-order chi connectivity index (χ1) is 9.63. The Kier molecular flexibility index (Phi) is 4.38. The molecule has 5 heteroatoms. The maximum atomic E-state index is 11.6. The topological polar surface area (TPSA) is 79.3 Å². The van der Waals surface area contributed by atoms with Gasteiger partial charge in [-0.3, -0.25) is 4.90 Å². The average molecular weight is 271 g/mol. The highest BCUT2D eigenvalue weighted by Gasteiger charge is 2.23. The van der Waals surface area contributed by atoms with Crippen molar-refractivity contribution in [2.45, 2.75) is 13.0 Å². The molecule has 0 saturated carbocycles. The lowest BCUT2D eigenvalue weighted by atomic mass is 10.0. The molecule has 1 aromatic carbocycles. The summed E-state index contributed by atoms with van der Waals surface area (Å²) in [5.41, 5.74) is 8.70. The molecule has 0 saturated heterocycles. The van der Waals surface area contributed by atoms with Gasteiger partial charge in [-0.05, 0) is 17.7 Å². The number of hydrogen-bond donors (Lipinski definition) is 1. The molecular weight excluding hydrogens is 254 g/mol. The van der Waals surface area contributed by atoms with Crippen LogP contribution in [0.2, 0.25) is 0 Å². The second kappa shape index (κ2) is 6.22. The molecule has 0 unspecified atom stereocenters. The van der Waals surface area contributed by atoms with Gasteiger partial charge in [0.05, 0.1) is 24.3 Å². The molecule has 2 N–H and O–H groups in total. The summed E-state index contributed by atoms with van der Waals surface area (Å²) in [5.74, 6) is -0.363. The minimum absolute atomic E-state index is 0.363. The van der Waals surface area contributed by atoms with E-state index in [-0.39, 0.29) is 5.97 Å². The summed E-state index contributed by atoms with van der Waals surface area (Å²) < 4.78 is 4.75. The van der Waals surface area contributed by atoms with Gasteiger partial charge in [0.2, 0.25) is 0 Å². The Morgan fingerprint density at radius 2 is 2.35 bits per heavy atom. The third-order valence-electron chi connectivity index (χ3n) is 3.36. The molecule has 1 aliphatic heterocycles. The number of methoxy groups -OCH3 is 1. The van der Waals surface area contributed by atoms with E-state index in [9.17, 15) is 4.79 Å². The molecule has 2 rings (SSSR count). The van der Waals surface area contributed by atoms with Crippen LogP contribution in [0, 0.1) is 11.3 Å². The van der Waals surface area contributed by atoms with Crippen molar-refractivity contribution in [3.63, 3.8) is 0 Å². The van der Waals surface area contributed by atoms with Gasteiger partial charge in [0.25, 0.3) is 0 Å². The molecule has 0 aromatic heterocycles. The highest BCUT2D eigenvalue weighted by Crippen LogP contribution is 2.18. The summed E-state index contributed by atoms with van der Waals surface area (Å²) >= 11 is 0. The van der Waals surface area contributed by atoms with Crippen LogP contribution in [0.15, 0.2) is 35.5 Å². The summed E-state index contributed by atoms with van der Waals surface area (Å²) in [6.07, 6.45) is 0.655. The first-order valence-corrected chi connectivity index (χ1v) is 6.41. The van der Waals surface area contributed by atoms with E-state index in [1.807, 2.05) is 18.2 Å². The van der Waals surface area contributed by atoms with E-state index in [2.05, 4.69) is 11.0 Å². The molecule has 1 aliphatic rings. The SMILES string of the molecule is COC(=O)C1=C(N)CCN(Cc2cccc(C#N)c2)C1. The predicted molar refractivity (Wildman–Crippen MR) is 74.3 cm³/mol. The van der Waals surface area contributed by atoms with Gasteiger partial charge in [-0.15, -0.1) is 0 Å². The van der Waals surface area contributed by atoms with Crippen LogP contribution in [-0.4, -0.2) is 31.1 Å². The number of carbonyl (C=O) groups excluding carboxylic acids is 1. The Bertz CT molecular complexity index is 587. The van der Waals surface area contributed by atoms with Crippen molar-refractivity contribution in [2.24, 2.45) is 5.73 Å². The molecule has 0 fully saturated rings. The fraction of sp³-hybridized carbons (Fsp3) is 0.333. The van der Waals surface area contributed by atoms with E-state index in [0.717, 1.165) is 12.1 Å². The quantitative estimate of drug-likeness (QED) is 0.834. The monoisotopic (exact) mass is 271 g/mol. The molecule has 1 heterocycles. The first kappa shape index (κ1) is 14.1. The van der Waals surface area contributed by atoms with Crippen LogP contribution in [-0.2, 0) is 16.1 Å². The fourth-order valence-electron chi connectivity index (χ4n) is 2.28. The minimum atomic E-state index is -0.363. The molecule has 104 valence electrons. The fourth-order valence-corrected chi connectivity index (χ4v) is 2.28. The van der Waals surface area contributed by atoms with Crippen molar-refractivity contribution in [2.75, 3.05) is 20.2 Å². The number of esters is 1. The smallest absolute Gasteiger partial charge is 0.336 e. The van der Waals surface area contributed by atoms with E-state index in [1.54, 1.807) is 6.07 Å². The summed E-state index contributed by atoms with van der Waals surface area (Å²) in [7, 11) is 1.36. The van der Waals surface area contributed by atoms with Gasteiger partial charge in [-0.1, -0.05) is 12.1 Å². The van der Waals surface area contributed by atoms with Crippen molar-refractivity contribution in [3.05, 3.63) is 46.7 Å². The Hall–Kier alpha value is -2.32. The largest absolute Gasteiger partial charge is 0.466 e. The van der Waals surface area contributed by atoms with E-state index in [4.69, 9.17) is 15.7 Å². The Morgan fingerprint density at radius 1 is 1.55 bits per heavy atom. The molecule has 20 heavy (non-hydrogen) atoms. The lowest BCUT2D eigenvalue weighted by Crippen LogP contribution is -2.35. The van der Waals surface area contributed by atoms with Crippen LogP contribution in [0.25, 0.3) is 0 Å². The molecule has 0 bridgehead atoms. The molecular formula is C15H17N3O2. The summed E-state index contributed by atoms with van der Waals surface area (Å²) in [6, 6.07) is 9.60.